The van der Waals surface area contributed by atoms with Gasteiger partial charge in [0.25, 0.3) is 0 Å². The Morgan fingerprint density at radius 3 is 1.18 bits per heavy atom. The Bertz CT molecular complexity index is 3760. The third kappa shape index (κ3) is 5.84. The van der Waals surface area contributed by atoms with Crippen molar-refractivity contribution >= 4 is 65.5 Å². The molecule has 0 aliphatic carbocycles. The standard InChI is InChI=1S/C60H43N7/c1-36-18-13-27-43-44-28-14-19-37(2)54(44)66(53(36)43)50-34-42(60-63-58(40-22-7-5-8-23-40)62-59(64-60)41-24-9-6-10-25-41)35-51(57(50)65-48-31-12-11-26-47(48)52-49(65)32-17-33-61-52)67-55-38(3)20-15-29-45(55)46-30-16-21-39(4)56(46)67/h5-35H,1-4H3. The Kier molecular flexibility index (Phi) is 8.64. The van der Waals surface area contributed by atoms with Crippen molar-refractivity contribution < 1.29 is 0 Å². The Morgan fingerprint density at radius 2 is 0.716 bits per heavy atom. The molecule has 8 aromatic carbocycles. The van der Waals surface area contributed by atoms with Crippen LogP contribution in [0.15, 0.2) is 188 Å². The average molecular weight is 862 g/mol. The average Bonchev–Trinajstić information content (AvgIpc) is 4.02. The molecular formula is C60H43N7. The van der Waals surface area contributed by atoms with Crippen LogP contribution in [-0.4, -0.2) is 33.6 Å². The summed E-state index contributed by atoms with van der Waals surface area (Å²) in [5.41, 5.74) is 18.0. The highest BCUT2D eigenvalue weighted by molar-refractivity contribution is 6.15. The third-order valence-corrected chi connectivity index (χ3v) is 13.6. The van der Waals surface area contributed by atoms with E-state index in [-0.39, 0.29) is 0 Å². The van der Waals surface area contributed by atoms with Crippen LogP contribution < -0.4 is 0 Å². The quantitative estimate of drug-likeness (QED) is 0.167. The first kappa shape index (κ1) is 38.8. The van der Waals surface area contributed by atoms with E-state index < -0.39 is 0 Å². The normalized spacial score (nSPS) is 11.9. The highest BCUT2D eigenvalue weighted by Gasteiger charge is 2.28. The van der Waals surface area contributed by atoms with Gasteiger partial charge in [-0.1, -0.05) is 152 Å². The highest BCUT2D eigenvalue weighted by Crippen LogP contribution is 2.46. The molecule has 5 heterocycles. The molecule has 7 heteroatoms. The summed E-state index contributed by atoms with van der Waals surface area (Å²) in [6, 6.07) is 64.7. The van der Waals surface area contributed by atoms with E-state index in [4.69, 9.17) is 19.9 Å². The first-order chi connectivity index (χ1) is 32.9. The Balaban J connectivity index is 1.30. The number of aromatic nitrogens is 7. The smallest absolute Gasteiger partial charge is 0.164 e. The molecule has 0 amide bonds. The molecule has 0 atom stereocenters. The zero-order valence-corrected chi connectivity index (χ0v) is 37.5. The molecule has 0 saturated carbocycles. The number of pyridine rings is 1. The van der Waals surface area contributed by atoms with Crippen molar-refractivity contribution in [2.45, 2.75) is 27.7 Å². The molecule has 0 spiro atoms. The number of fused-ring (bicyclic) bond motifs is 9. The van der Waals surface area contributed by atoms with Crippen LogP contribution in [-0.2, 0) is 0 Å². The van der Waals surface area contributed by atoms with Crippen molar-refractivity contribution in [3.05, 3.63) is 210 Å². The zero-order valence-electron chi connectivity index (χ0n) is 37.5. The molecule has 318 valence electrons. The van der Waals surface area contributed by atoms with Crippen LogP contribution in [0.4, 0.5) is 0 Å². The van der Waals surface area contributed by atoms with Crippen LogP contribution in [0.25, 0.3) is 117 Å². The lowest BCUT2D eigenvalue weighted by Crippen LogP contribution is -2.11. The lowest BCUT2D eigenvalue weighted by Gasteiger charge is -2.24. The van der Waals surface area contributed by atoms with E-state index in [0.29, 0.717) is 17.5 Å². The number of hydrogen-bond acceptors (Lipinski definition) is 4. The van der Waals surface area contributed by atoms with Gasteiger partial charge in [0.15, 0.2) is 17.5 Å². The van der Waals surface area contributed by atoms with Gasteiger partial charge in [-0.3, -0.25) is 4.98 Å². The molecule has 0 unspecified atom stereocenters. The molecule has 0 saturated heterocycles. The van der Waals surface area contributed by atoms with Crippen LogP contribution in [0.5, 0.6) is 0 Å². The molecule has 0 N–H and O–H groups in total. The van der Waals surface area contributed by atoms with Crippen molar-refractivity contribution in [2.24, 2.45) is 0 Å². The molecule has 0 aliphatic heterocycles. The summed E-state index contributed by atoms with van der Waals surface area (Å²) in [6.07, 6.45) is 1.90. The van der Waals surface area contributed by atoms with Gasteiger partial charge in [-0.15, -0.1) is 0 Å². The van der Waals surface area contributed by atoms with Gasteiger partial charge >= 0.3 is 0 Å². The molecule has 0 radical (unpaired) electrons. The molecule has 7 nitrogen and oxygen atoms in total. The van der Waals surface area contributed by atoms with Gasteiger partial charge in [0.1, 0.15) is 0 Å². The second kappa shape index (κ2) is 14.9. The van der Waals surface area contributed by atoms with Crippen LogP contribution in [0, 0.1) is 27.7 Å². The summed E-state index contributed by atoms with van der Waals surface area (Å²) in [5.74, 6) is 1.79. The minimum atomic E-state index is 0.578. The first-order valence-corrected chi connectivity index (χ1v) is 22.8. The van der Waals surface area contributed by atoms with E-state index in [1.165, 1.54) is 43.8 Å². The predicted octanol–water partition coefficient (Wildman–Crippen LogP) is 14.8. The number of nitrogens with zero attached hydrogens (tertiary/aromatic N) is 7. The van der Waals surface area contributed by atoms with E-state index >= 15 is 0 Å². The van der Waals surface area contributed by atoms with Crippen LogP contribution in [0.2, 0.25) is 0 Å². The number of para-hydroxylation sites is 5. The summed E-state index contributed by atoms with van der Waals surface area (Å²) >= 11 is 0. The summed E-state index contributed by atoms with van der Waals surface area (Å²) in [7, 11) is 0. The number of benzene rings is 8. The fraction of sp³-hybridized carbons (Fsp3) is 0.0667. The molecular weight excluding hydrogens is 819 g/mol. The molecule has 5 aromatic heterocycles. The van der Waals surface area contributed by atoms with Gasteiger partial charge in [-0.05, 0) is 80.3 Å². The molecule has 13 rings (SSSR count). The van der Waals surface area contributed by atoms with E-state index in [1.54, 1.807) is 0 Å². The van der Waals surface area contributed by atoms with Crippen LogP contribution in [0.1, 0.15) is 22.3 Å². The Labute approximate surface area is 386 Å². The summed E-state index contributed by atoms with van der Waals surface area (Å²) < 4.78 is 7.48. The SMILES string of the molecule is Cc1cccc2c3cccc(C)c3n(-c3cc(-c4nc(-c5ccccc5)nc(-c5ccccc5)n4)cc(-n4c5c(C)cccc5c5cccc(C)c54)c3-n3c4ccccc4c4ncccc43)c12. The van der Waals surface area contributed by atoms with Crippen molar-refractivity contribution in [3.63, 3.8) is 0 Å². The molecule has 0 aliphatic rings. The third-order valence-electron chi connectivity index (χ3n) is 13.6. The molecule has 0 bridgehead atoms. The van der Waals surface area contributed by atoms with Gasteiger partial charge in [-0.25, -0.2) is 15.0 Å². The van der Waals surface area contributed by atoms with Crippen molar-refractivity contribution in [1.82, 2.24) is 33.6 Å². The fourth-order valence-corrected chi connectivity index (χ4v) is 10.7. The highest BCUT2D eigenvalue weighted by atomic mass is 15.1. The minimum Gasteiger partial charge on any atom is -0.306 e. The van der Waals surface area contributed by atoms with E-state index in [1.807, 2.05) is 42.6 Å². The maximum absolute atomic E-state index is 5.40. The van der Waals surface area contributed by atoms with Gasteiger partial charge < -0.3 is 13.7 Å². The molecule has 67 heavy (non-hydrogen) atoms. The lowest BCUT2D eigenvalue weighted by molar-refractivity contribution is 1.03. The minimum absolute atomic E-state index is 0.578. The maximum atomic E-state index is 5.40. The topological polar surface area (TPSA) is 66.3 Å². The first-order valence-electron chi connectivity index (χ1n) is 22.8. The summed E-state index contributed by atoms with van der Waals surface area (Å²) in [6.45, 7) is 8.91. The van der Waals surface area contributed by atoms with Gasteiger partial charge in [0.05, 0.1) is 55.7 Å². The van der Waals surface area contributed by atoms with Crippen molar-refractivity contribution in [1.29, 1.82) is 0 Å². The Morgan fingerprint density at radius 1 is 0.328 bits per heavy atom. The van der Waals surface area contributed by atoms with Crippen LogP contribution in [0.3, 0.4) is 0 Å². The van der Waals surface area contributed by atoms with E-state index in [0.717, 1.165) is 77.8 Å². The van der Waals surface area contributed by atoms with E-state index in [9.17, 15) is 0 Å². The van der Waals surface area contributed by atoms with Crippen molar-refractivity contribution in [3.8, 4) is 51.2 Å². The van der Waals surface area contributed by atoms with Crippen molar-refractivity contribution in [2.75, 3.05) is 0 Å². The number of hydrogen-bond donors (Lipinski definition) is 0. The van der Waals surface area contributed by atoms with Gasteiger partial charge in [0, 0.05) is 49.8 Å². The zero-order chi connectivity index (χ0) is 44.9. The maximum Gasteiger partial charge on any atom is 0.164 e. The summed E-state index contributed by atoms with van der Waals surface area (Å²) in [5, 5.41) is 5.87. The lowest BCUT2D eigenvalue weighted by atomic mass is 10.1. The summed E-state index contributed by atoms with van der Waals surface area (Å²) in [4.78, 5) is 21.0. The molecule has 13 aromatic rings. The largest absolute Gasteiger partial charge is 0.306 e. The monoisotopic (exact) mass is 861 g/mol. The van der Waals surface area contributed by atoms with Crippen LogP contribution >= 0.6 is 0 Å². The Hall–Kier alpha value is -8.68. The van der Waals surface area contributed by atoms with Gasteiger partial charge in [0.2, 0.25) is 0 Å². The van der Waals surface area contributed by atoms with Gasteiger partial charge in [-0.2, -0.15) is 0 Å². The second-order valence-electron chi connectivity index (χ2n) is 17.7. The number of rotatable bonds is 6. The fourth-order valence-electron chi connectivity index (χ4n) is 10.7. The second-order valence-corrected chi connectivity index (χ2v) is 17.7. The molecule has 0 fully saturated rings. The predicted molar refractivity (Wildman–Crippen MR) is 276 cm³/mol. The van der Waals surface area contributed by atoms with E-state index in [2.05, 4.69) is 187 Å². The number of aryl methyl sites for hydroxylation is 4.